The minimum Gasteiger partial charge on any atom is -0.488 e. The Kier molecular flexibility index (Phi) is 5.31. The van der Waals surface area contributed by atoms with Crippen LogP contribution in [0.2, 0.25) is 5.02 Å². The molecule has 144 valence electrons. The molecule has 0 aliphatic carbocycles. The molecule has 6 heteroatoms. The van der Waals surface area contributed by atoms with E-state index in [1.54, 1.807) is 42.5 Å². The third kappa shape index (κ3) is 4.15. The molecule has 1 N–H and O–H groups in total. The largest absolute Gasteiger partial charge is 0.488 e. The van der Waals surface area contributed by atoms with Crippen LogP contribution in [0.4, 0.5) is 5.69 Å². The van der Waals surface area contributed by atoms with Crippen molar-refractivity contribution in [1.82, 2.24) is 5.43 Å². The Morgan fingerprint density at radius 2 is 1.69 bits per heavy atom. The zero-order chi connectivity index (χ0) is 20.2. The molecule has 0 bridgehead atoms. The van der Waals surface area contributed by atoms with Crippen LogP contribution < -0.4 is 15.2 Å². The Morgan fingerprint density at radius 1 is 0.931 bits per heavy atom. The molecule has 0 radical (unpaired) electrons. The molecule has 3 aromatic rings. The van der Waals surface area contributed by atoms with Crippen LogP contribution in [0.15, 0.2) is 84.4 Å². The Labute approximate surface area is 173 Å². The molecule has 29 heavy (non-hydrogen) atoms. The van der Waals surface area contributed by atoms with E-state index in [0.717, 1.165) is 5.56 Å². The average molecular weight is 405 g/mol. The van der Waals surface area contributed by atoms with Crippen molar-refractivity contribution < 1.29 is 14.3 Å². The summed E-state index contributed by atoms with van der Waals surface area (Å²) in [5.41, 5.74) is 4.77. The Bertz CT molecular complexity index is 1100. The van der Waals surface area contributed by atoms with Gasteiger partial charge in [-0.2, -0.15) is 0 Å². The molecule has 1 saturated heterocycles. The van der Waals surface area contributed by atoms with Crippen molar-refractivity contribution in [3.63, 3.8) is 0 Å². The minimum absolute atomic E-state index is 0.0285. The molecule has 4 rings (SSSR count). The van der Waals surface area contributed by atoms with Crippen molar-refractivity contribution in [2.75, 3.05) is 5.01 Å². The van der Waals surface area contributed by atoms with Crippen LogP contribution in [0.5, 0.6) is 5.75 Å². The second-order valence-corrected chi connectivity index (χ2v) is 6.87. The number of anilines is 1. The van der Waals surface area contributed by atoms with Gasteiger partial charge in [-0.25, -0.2) is 5.01 Å². The van der Waals surface area contributed by atoms with Gasteiger partial charge in [-0.15, -0.1) is 0 Å². The zero-order valence-electron chi connectivity index (χ0n) is 15.3. The van der Waals surface area contributed by atoms with Gasteiger partial charge in [0.15, 0.2) is 0 Å². The predicted octanol–water partition coefficient (Wildman–Crippen LogP) is 4.38. The fourth-order valence-electron chi connectivity index (χ4n) is 2.98. The lowest BCUT2D eigenvalue weighted by Gasteiger charge is -2.14. The molecule has 2 amide bonds. The molecule has 1 aliphatic heterocycles. The van der Waals surface area contributed by atoms with Gasteiger partial charge >= 0.3 is 0 Å². The Balaban J connectivity index is 1.59. The number of benzene rings is 3. The van der Waals surface area contributed by atoms with Crippen molar-refractivity contribution in [2.24, 2.45) is 0 Å². The first-order valence-corrected chi connectivity index (χ1v) is 9.38. The number of amides is 2. The van der Waals surface area contributed by atoms with Crippen LogP contribution in [0.1, 0.15) is 11.1 Å². The molecule has 1 heterocycles. The van der Waals surface area contributed by atoms with Crippen molar-refractivity contribution >= 4 is 35.2 Å². The first-order chi connectivity index (χ1) is 14.1. The third-order valence-corrected chi connectivity index (χ3v) is 4.65. The summed E-state index contributed by atoms with van der Waals surface area (Å²) in [7, 11) is 0. The maximum atomic E-state index is 12.8. The van der Waals surface area contributed by atoms with Gasteiger partial charge in [-0.1, -0.05) is 66.2 Å². The average Bonchev–Trinajstić information content (AvgIpc) is 3.02. The van der Waals surface area contributed by atoms with Crippen molar-refractivity contribution in [3.8, 4) is 5.75 Å². The fourth-order valence-corrected chi connectivity index (χ4v) is 3.16. The molecule has 0 saturated carbocycles. The lowest BCUT2D eigenvalue weighted by molar-refractivity contribution is -0.117. The molecule has 3 aromatic carbocycles. The van der Waals surface area contributed by atoms with Gasteiger partial charge in [0.2, 0.25) is 0 Å². The highest BCUT2D eigenvalue weighted by atomic mass is 35.5. The maximum absolute atomic E-state index is 12.8. The van der Waals surface area contributed by atoms with Crippen LogP contribution >= 0.6 is 11.6 Å². The summed E-state index contributed by atoms with van der Waals surface area (Å²) in [4.78, 5) is 25.2. The number of hydrazine groups is 1. The van der Waals surface area contributed by atoms with Crippen LogP contribution in [0.3, 0.4) is 0 Å². The van der Waals surface area contributed by atoms with Crippen LogP contribution in [0, 0.1) is 0 Å². The van der Waals surface area contributed by atoms with E-state index in [4.69, 9.17) is 16.3 Å². The topological polar surface area (TPSA) is 58.6 Å². The first-order valence-electron chi connectivity index (χ1n) is 9.00. The van der Waals surface area contributed by atoms with Crippen molar-refractivity contribution in [2.45, 2.75) is 6.61 Å². The second kappa shape index (κ2) is 8.20. The maximum Gasteiger partial charge on any atom is 0.282 e. The van der Waals surface area contributed by atoms with E-state index in [-0.39, 0.29) is 5.57 Å². The van der Waals surface area contributed by atoms with E-state index in [0.29, 0.717) is 28.6 Å². The van der Waals surface area contributed by atoms with Gasteiger partial charge < -0.3 is 4.74 Å². The lowest BCUT2D eigenvalue weighted by atomic mass is 10.1. The number of ether oxygens (including phenoxy) is 1. The second-order valence-electron chi connectivity index (χ2n) is 6.43. The fraction of sp³-hybridized carbons (Fsp3) is 0.0435. The van der Waals surface area contributed by atoms with Crippen LogP contribution in [0.25, 0.3) is 6.08 Å². The Morgan fingerprint density at radius 3 is 2.48 bits per heavy atom. The monoisotopic (exact) mass is 404 g/mol. The molecular weight excluding hydrogens is 388 g/mol. The van der Waals surface area contributed by atoms with E-state index in [1.165, 1.54) is 5.01 Å². The number of nitrogens with zero attached hydrogens (tertiary/aromatic N) is 1. The minimum atomic E-state index is -0.479. The van der Waals surface area contributed by atoms with Gasteiger partial charge in [0.1, 0.15) is 17.9 Å². The summed E-state index contributed by atoms with van der Waals surface area (Å²) in [5, 5.41) is 1.66. The molecule has 0 atom stereocenters. The molecule has 1 fully saturated rings. The van der Waals surface area contributed by atoms with E-state index in [9.17, 15) is 9.59 Å². The van der Waals surface area contributed by atoms with Gasteiger partial charge in [0.05, 0.1) is 5.69 Å². The summed E-state index contributed by atoms with van der Waals surface area (Å²) in [6.07, 6.45) is 1.54. The molecule has 1 aliphatic rings. The van der Waals surface area contributed by atoms with Crippen LogP contribution in [-0.4, -0.2) is 11.8 Å². The number of carbonyl (C=O) groups is 2. The van der Waals surface area contributed by atoms with Crippen molar-refractivity contribution in [3.05, 3.63) is 101 Å². The molecule has 5 nitrogen and oxygen atoms in total. The number of nitrogens with one attached hydrogen (secondary N) is 1. The lowest BCUT2D eigenvalue weighted by Crippen LogP contribution is -2.35. The molecule has 0 unspecified atom stereocenters. The summed E-state index contributed by atoms with van der Waals surface area (Å²) < 4.78 is 5.91. The van der Waals surface area contributed by atoms with Gasteiger partial charge in [-0.05, 0) is 35.9 Å². The molecule has 0 spiro atoms. The molecular formula is C23H17ClN2O3. The standard InChI is InChI=1S/C23H17ClN2O3/c24-18-10-6-11-19(14-18)26-23(28)20(22(27)25-26)13-17-9-4-5-12-21(17)29-15-16-7-2-1-3-8-16/h1-14H,15H2,(H,25,27)/b20-13+. The van der Waals surface area contributed by atoms with Gasteiger partial charge in [-0.3, -0.25) is 15.0 Å². The summed E-state index contributed by atoms with van der Waals surface area (Å²) in [6, 6.07) is 23.8. The highest BCUT2D eigenvalue weighted by Gasteiger charge is 2.34. The first kappa shape index (κ1) is 18.8. The van der Waals surface area contributed by atoms with E-state index in [2.05, 4.69) is 5.43 Å². The summed E-state index contributed by atoms with van der Waals surface area (Å²) in [6.45, 7) is 0.385. The van der Waals surface area contributed by atoms with E-state index in [1.807, 2.05) is 42.5 Å². The number of rotatable bonds is 5. The SMILES string of the molecule is O=C1NN(c2cccc(Cl)c2)C(=O)/C1=C/c1ccccc1OCc1ccccc1. The number of hydrogen-bond donors (Lipinski definition) is 1. The normalized spacial score (nSPS) is 14.9. The number of hydrogen-bond acceptors (Lipinski definition) is 3. The Hall–Kier alpha value is -3.57. The predicted molar refractivity (Wildman–Crippen MR) is 112 cm³/mol. The third-order valence-electron chi connectivity index (χ3n) is 4.41. The summed E-state index contributed by atoms with van der Waals surface area (Å²) >= 11 is 6.00. The number of halogens is 1. The van der Waals surface area contributed by atoms with E-state index < -0.39 is 11.8 Å². The number of carbonyl (C=O) groups excluding carboxylic acids is 2. The smallest absolute Gasteiger partial charge is 0.282 e. The summed E-state index contributed by atoms with van der Waals surface area (Å²) in [5.74, 6) is -0.339. The van der Waals surface area contributed by atoms with Gasteiger partial charge in [0.25, 0.3) is 11.8 Å². The highest BCUT2D eigenvalue weighted by Crippen LogP contribution is 2.27. The molecule has 0 aromatic heterocycles. The van der Waals surface area contributed by atoms with Crippen LogP contribution in [-0.2, 0) is 16.2 Å². The van der Waals surface area contributed by atoms with E-state index >= 15 is 0 Å². The quantitative estimate of drug-likeness (QED) is 0.507. The van der Waals surface area contributed by atoms with Gasteiger partial charge in [0, 0.05) is 10.6 Å². The highest BCUT2D eigenvalue weighted by molar-refractivity contribution is 6.33. The van der Waals surface area contributed by atoms with Crippen molar-refractivity contribution in [1.29, 1.82) is 0 Å². The zero-order valence-corrected chi connectivity index (χ0v) is 16.1. The number of para-hydroxylation sites is 1.